The van der Waals surface area contributed by atoms with E-state index in [1.54, 1.807) is 24.0 Å². The quantitative estimate of drug-likeness (QED) is 0.693. The summed E-state index contributed by atoms with van der Waals surface area (Å²) >= 11 is 0. The molecule has 1 aliphatic rings. The van der Waals surface area contributed by atoms with Gasteiger partial charge in [0.15, 0.2) is 0 Å². The molecule has 0 bridgehead atoms. The van der Waals surface area contributed by atoms with Crippen molar-refractivity contribution in [2.75, 3.05) is 32.8 Å². The fourth-order valence-electron chi connectivity index (χ4n) is 3.26. The number of benzene rings is 2. The van der Waals surface area contributed by atoms with Gasteiger partial charge in [0, 0.05) is 6.54 Å². The van der Waals surface area contributed by atoms with Gasteiger partial charge in [0.05, 0.1) is 31.2 Å². The van der Waals surface area contributed by atoms with Crippen molar-refractivity contribution in [3.63, 3.8) is 0 Å². The van der Waals surface area contributed by atoms with Crippen molar-refractivity contribution in [1.29, 1.82) is 0 Å². The van der Waals surface area contributed by atoms with E-state index in [1.165, 1.54) is 6.07 Å². The normalized spacial score (nSPS) is 17.0. The summed E-state index contributed by atoms with van der Waals surface area (Å²) < 4.78 is 39.0. The van der Waals surface area contributed by atoms with Gasteiger partial charge in [-0.05, 0) is 42.7 Å². The minimum absolute atomic E-state index is 0.112. The molecule has 0 spiro atoms. The van der Waals surface area contributed by atoms with E-state index in [4.69, 9.17) is 9.47 Å². The van der Waals surface area contributed by atoms with Crippen molar-refractivity contribution >= 4 is 15.9 Å². The predicted molar refractivity (Wildman–Crippen MR) is 114 cm³/mol. The smallest absolute Gasteiger partial charge is 0.241 e. The number of rotatable bonds is 8. The van der Waals surface area contributed by atoms with E-state index < -0.39 is 10.0 Å². The number of hydrogen-bond donors (Lipinski definition) is 1. The number of morpholine rings is 1. The molecule has 1 fully saturated rings. The molecular formula is C22H28N2O5S. The Morgan fingerprint density at radius 2 is 2.00 bits per heavy atom. The van der Waals surface area contributed by atoms with E-state index in [9.17, 15) is 13.2 Å². The zero-order chi connectivity index (χ0) is 21.6. The molecule has 1 N–H and O–H groups in total. The van der Waals surface area contributed by atoms with Crippen molar-refractivity contribution in [3.8, 4) is 5.75 Å². The molecule has 0 saturated carbocycles. The van der Waals surface area contributed by atoms with Crippen molar-refractivity contribution in [2.45, 2.75) is 31.3 Å². The van der Waals surface area contributed by atoms with Gasteiger partial charge in [0.2, 0.25) is 15.9 Å². The Morgan fingerprint density at radius 1 is 1.23 bits per heavy atom. The molecule has 1 atom stereocenters. The minimum atomic E-state index is -3.80. The summed E-state index contributed by atoms with van der Waals surface area (Å²) in [7, 11) is -3.80. The summed E-state index contributed by atoms with van der Waals surface area (Å²) in [5.74, 6) is 0.384. The summed E-state index contributed by atoms with van der Waals surface area (Å²) in [5.41, 5.74) is 1.73. The van der Waals surface area contributed by atoms with Gasteiger partial charge in [-0.2, -0.15) is 0 Å². The van der Waals surface area contributed by atoms with Gasteiger partial charge in [-0.15, -0.1) is 0 Å². The van der Waals surface area contributed by atoms with Crippen LogP contribution in [0.25, 0.3) is 0 Å². The molecule has 7 nitrogen and oxygen atoms in total. The number of carbonyl (C=O) groups is 1. The average molecular weight is 433 g/mol. The summed E-state index contributed by atoms with van der Waals surface area (Å²) in [6.07, 6.45) is 0.661. The van der Waals surface area contributed by atoms with E-state index in [1.807, 2.05) is 37.3 Å². The van der Waals surface area contributed by atoms with E-state index in [2.05, 4.69) is 4.72 Å². The minimum Gasteiger partial charge on any atom is -0.493 e. The molecule has 2 aromatic rings. The van der Waals surface area contributed by atoms with Crippen LogP contribution in [0.15, 0.2) is 53.4 Å². The Balaban J connectivity index is 1.60. The second-order valence-corrected chi connectivity index (χ2v) is 8.98. The van der Waals surface area contributed by atoms with Gasteiger partial charge >= 0.3 is 0 Å². The molecule has 0 aliphatic carbocycles. The standard InChI is InChI=1S/C22H28N2O5S/c1-3-12-28-20-10-9-19(14-17(20)2)30(26,27)23-15-22(25)24-11-13-29-21(16-24)18-7-5-4-6-8-18/h4-10,14,21,23H,3,11-13,15-16H2,1-2H3. The molecular weight excluding hydrogens is 404 g/mol. The largest absolute Gasteiger partial charge is 0.493 e. The Hall–Kier alpha value is -2.42. The van der Waals surface area contributed by atoms with Crippen LogP contribution in [0.4, 0.5) is 0 Å². The van der Waals surface area contributed by atoms with Crippen molar-refractivity contribution in [3.05, 3.63) is 59.7 Å². The zero-order valence-electron chi connectivity index (χ0n) is 17.3. The lowest BCUT2D eigenvalue weighted by atomic mass is 10.1. The van der Waals surface area contributed by atoms with Gasteiger partial charge in [-0.1, -0.05) is 37.3 Å². The highest BCUT2D eigenvalue weighted by Gasteiger charge is 2.26. The molecule has 1 saturated heterocycles. The first-order valence-corrected chi connectivity index (χ1v) is 11.6. The maximum Gasteiger partial charge on any atom is 0.241 e. The summed E-state index contributed by atoms with van der Waals surface area (Å²) in [6, 6.07) is 14.4. The number of nitrogens with zero attached hydrogens (tertiary/aromatic N) is 1. The highest BCUT2D eigenvalue weighted by molar-refractivity contribution is 7.89. The molecule has 2 aromatic carbocycles. The van der Waals surface area contributed by atoms with Gasteiger partial charge in [-0.25, -0.2) is 13.1 Å². The van der Waals surface area contributed by atoms with E-state index in [-0.39, 0.29) is 23.5 Å². The van der Waals surface area contributed by atoms with E-state index in [0.29, 0.717) is 32.1 Å². The first-order valence-electron chi connectivity index (χ1n) is 10.1. The number of nitrogens with one attached hydrogen (secondary N) is 1. The Labute approximate surface area is 178 Å². The highest BCUT2D eigenvalue weighted by Crippen LogP contribution is 2.23. The number of carbonyl (C=O) groups excluding carboxylic acids is 1. The summed E-state index contributed by atoms with van der Waals surface area (Å²) in [5, 5.41) is 0. The molecule has 0 aromatic heterocycles. The van der Waals surface area contributed by atoms with Crippen LogP contribution in [0.1, 0.15) is 30.6 Å². The number of aryl methyl sites for hydroxylation is 1. The third-order valence-electron chi connectivity index (χ3n) is 4.92. The predicted octanol–water partition coefficient (Wildman–Crippen LogP) is 2.66. The lowest BCUT2D eigenvalue weighted by Crippen LogP contribution is -2.46. The van der Waals surface area contributed by atoms with E-state index >= 15 is 0 Å². The number of sulfonamides is 1. The second-order valence-electron chi connectivity index (χ2n) is 7.21. The molecule has 30 heavy (non-hydrogen) atoms. The van der Waals surface area contributed by atoms with Crippen LogP contribution in [0.5, 0.6) is 5.75 Å². The lowest BCUT2D eigenvalue weighted by molar-refractivity contribution is -0.137. The highest BCUT2D eigenvalue weighted by atomic mass is 32.2. The fraction of sp³-hybridized carbons (Fsp3) is 0.409. The molecule has 162 valence electrons. The number of amides is 1. The van der Waals surface area contributed by atoms with Gasteiger partial charge in [0.25, 0.3) is 0 Å². The third kappa shape index (κ3) is 5.59. The third-order valence-corrected chi connectivity index (χ3v) is 6.32. The lowest BCUT2D eigenvalue weighted by Gasteiger charge is -2.33. The van der Waals surface area contributed by atoms with Crippen LogP contribution in [-0.2, 0) is 19.6 Å². The molecule has 3 rings (SSSR count). The fourth-order valence-corrected chi connectivity index (χ4v) is 4.32. The zero-order valence-corrected chi connectivity index (χ0v) is 18.2. The molecule has 1 aliphatic heterocycles. The van der Waals surface area contributed by atoms with Crippen LogP contribution in [0.3, 0.4) is 0 Å². The Kier molecular flexibility index (Phi) is 7.47. The first-order chi connectivity index (χ1) is 14.4. The van der Waals surface area contributed by atoms with Crippen LogP contribution in [0, 0.1) is 6.92 Å². The summed E-state index contributed by atoms with van der Waals surface area (Å²) in [4.78, 5) is 14.4. The van der Waals surface area contributed by atoms with Crippen LogP contribution in [-0.4, -0.2) is 52.1 Å². The number of hydrogen-bond acceptors (Lipinski definition) is 5. The summed E-state index contributed by atoms with van der Waals surface area (Å²) in [6.45, 7) is 5.33. The monoisotopic (exact) mass is 432 g/mol. The van der Waals surface area contributed by atoms with Crippen molar-refractivity contribution in [1.82, 2.24) is 9.62 Å². The van der Waals surface area contributed by atoms with Crippen LogP contribution < -0.4 is 9.46 Å². The molecule has 0 radical (unpaired) electrons. The SMILES string of the molecule is CCCOc1ccc(S(=O)(=O)NCC(=O)N2CCOC(c3ccccc3)C2)cc1C. The molecule has 1 unspecified atom stereocenters. The van der Waals surface area contributed by atoms with Gasteiger partial charge in [0.1, 0.15) is 11.9 Å². The molecule has 1 amide bonds. The van der Waals surface area contributed by atoms with Gasteiger partial charge in [-0.3, -0.25) is 4.79 Å². The van der Waals surface area contributed by atoms with Crippen LogP contribution >= 0.6 is 0 Å². The van der Waals surface area contributed by atoms with Crippen LogP contribution in [0.2, 0.25) is 0 Å². The topological polar surface area (TPSA) is 84.9 Å². The Morgan fingerprint density at radius 3 is 2.70 bits per heavy atom. The second kappa shape index (κ2) is 10.1. The van der Waals surface area contributed by atoms with Crippen molar-refractivity contribution in [2.24, 2.45) is 0 Å². The van der Waals surface area contributed by atoms with E-state index in [0.717, 1.165) is 17.5 Å². The van der Waals surface area contributed by atoms with Gasteiger partial charge < -0.3 is 14.4 Å². The molecule has 8 heteroatoms. The number of ether oxygens (including phenoxy) is 2. The maximum atomic E-state index is 12.6. The maximum absolute atomic E-state index is 12.6. The van der Waals surface area contributed by atoms with Crippen molar-refractivity contribution < 1.29 is 22.7 Å². The Bertz CT molecular complexity index is 963. The molecule has 1 heterocycles. The average Bonchev–Trinajstić information content (AvgIpc) is 2.77. The first kappa shape index (κ1) is 22.3.